The van der Waals surface area contributed by atoms with Gasteiger partial charge in [0, 0.05) is 19.2 Å². The van der Waals surface area contributed by atoms with E-state index in [2.05, 4.69) is 0 Å². The van der Waals surface area contributed by atoms with Crippen LogP contribution < -0.4 is 5.69 Å². The van der Waals surface area contributed by atoms with E-state index in [4.69, 9.17) is 5.11 Å². The Kier molecular flexibility index (Phi) is 3.55. The molecule has 100 valence electrons. The van der Waals surface area contributed by atoms with Gasteiger partial charge in [-0.05, 0) is 31.6 Å². The van der Waals surface area contributed by atoms with E-state index in [1.54, 1.807) is 16.1 Å². The lowest BCUT2D eigenvalue weighted by molar-refractivity contribution is -0.131. The zero-order valence-electron chi connectivity index (χ0n) is 11.0. The summed E-state index contributed by atoms with van der Waals surface area (Å²) in [6, 6.07) is 7.52. The van der Waals surface area contributed by atoms with Crippen LogP contribution in [0.3, 0.4) is 0 Å². The molecule has 1 aromatic carbocycles. The second-order valence-electron chi connectivity index (χ2n) is 4.43. The number of fused-ring (bicyclic) bond motifs is 1. The molecule has 2 rings (SSSR count). The van der Waals surface area contributed by atoms with Gasteiger partial charge in [0.1, 0.15) is 0 Å². The number of aryl methyl sites for hydroxylation is 1. The van der Waals surface area contributed by atoms with Crippen molar-refractivity contribution in [3.05, 3.63) is 46.4 Å². The van der Waals surface area contributed by atoms with Crippen LogP contribution in [0.15, 0.2) is 40.7 Å². The first-order chi connectivity index (χ1) is 9.04. The van der Waals surface area contributed by atoms with E-state index in [1.807, 2.05) is 31.2 Å². The van der Waals surface area contributed by atoms with E-state index in [1.165, 1.54) is 0 Å². The summed E-state index contributed by atoms with van der Waals surface area (Å²) >= 11 is 0. The van der Waals surface area contributed by atoms with Crippen LogP contribution in [0.1, 0.15) is 13.8 Å². The predicted octanol–water partition coefficient (Wildman–Crippen LogP) is 1.85. The highest BCUT2D eigenvalue weighted by Crippen LogP contribution is 2.13. The fourth-order valence-corrected chi connectivity index (χ4v) is 2.24. The molecule has 1 heterocycles. The topological polar surface area (TPSA) is 64.2 Å². The number of benzene rings is 1. The van der Waals surface area contributed by atoms with Gasteiger partial charge in [-0.3, -0.25) is 9.13 Å². The van der Waals surface area contributed by atoms with Crippen LogP contribution in [0.2, 0.25) is 0 Å². The Labute approximate surface area is 110 Å². The smallest absolute Gasteiger partial charge is 0.329 e. The molecule has 0 spiro atoms. The summed E-state index contributed by atoms with van der Waals surface area (Å²) in [6.45, 7) is 4.50. The lowest BCUT2D eigenvalue weighted by Gasteiger charge is -2.02. The molecule has 0 saturated heterocycles. The number of hydrogen-bond acceptors (Lipinski definition) is 2. The first-order valence-electron chi connectivity index (χ1n) is 6.12. The fraction of sp³-hybridized carbons (Fsp3) is 0.286. The predicted molar refractivity (Wildman–Crippen MR) is 73.3 cm³/mol. The normalized spacial score (nSPS) is 12.0. The van der Waals surface area contributed by atoms with Crippen LogP contribution in [0.5, 0.6) is 0 Å². The van der Waals surface area contributed by atoms with Crippen molar-refractivity contribution in [3.63, 3.8) is 0 Å². The van der Waals surface area contributed by atoms with Gasteiger partial charge < -0.3 is 5.11 Å². The SMILES string of the molecule is CCn1c(=O)n(CC(C)=CC(=O)O)c2ccccc21. The molecule has 0 fully saturated rings. The minimum atomic E-state index is -0.996. The molecule has 1 N–H and O–H groups in total. The maximum absolute atomic E-state index is 12.3. The van der Waals surface area contributed by atoms with Crippen molar-refractivity contribution in [1.82, 2.24) is 9.13 Å². The first-order valence-corrected chi connectivity index (χ1v) is 6.12. The minimum absolute atomic E-state index is 0.109. The molecule has 5 heteroatoms. The van der Waals surface area contributed by atoms with Gasteiger partial charge in [-0.15, -0.1) is 0 Å². The Bertz CT molecular complexity index is 707. The Morgan fingerprint density at radius 1 is 1.26 bits per heavy atom. The third-order valence-electron chi connectivity index (χ3n) is 3.02. The van der Waals surface area contributed by atoms with Gasteiger partial charge in [0.2, 0.25) is 0 Å². The Morgan fingerprint density at radius 2 is 1.84 bits per heavy atom. The van der Waals surface area contributed by atoms with E-state index in [9.17, 15) is 9.59 Å². The molecule has 0 aliphatic carbocycles. The standard InChI is InChI=1S/C14H16N2O3/c1-3-15-11-6-4-5-7-12(11)16(14(15)19)9-10(2)8-13(17)18/h4-8H,3,9H2,1-2H3,(H,17,18). The van der Waals surface area contributed by atoms with Gasteiger partial charge >= 0.3 is 11.7 Å². The molecule has 0 amide bonds. The van der Waals surface area contributed by atoms with Crippen LogP contribution >= 0.6 is 0 Å². The van der Waals surface area contributed by atoms with Gasteiger partial charge in [0.05, 0.1) is 11.0 Å². The number of carbonyl (C=O) groups is 1. The number of hydrogen-bond donors (Lipinski definition) is 1. The quantitative estimate of drug-likeness (QED) is 0.853. The fourth-order valence-electron chi connectivity index (χ4n) is 2.24. The average Bonchev–Trinajstić information content (AvgIpc) is 2.61. The molecular formula is C14H16N2O3. The Balaban J connectivity index is 2.58. The molecule has 5 nitrogen and oxygen atoms in total. The summed E-state index contributed by atoms with van der Waals surface area (Å²) in [5, 5.41) is 8.73. The second kappa shape index (κ2) is 5.14. The molecule has 0 radical (unpaired) electrons. The molecule has 2 aromatic rings. The number of aromatic nitrogens is 2. The van der Waals surface area contributed by atoms with Gasteiger partial charge in [0.15, 0.2) is 0 Å². The summed E-state index contributed by atoms with van der Waals surface area (Å²) in [4.78, 5) is 22.9. The summed E-state index contributed by atoms with van der Waals surface area (Å²) in [5.74, 6) is -0.996. The molecule has 0 bridgehead atoms. The summed E-state index contributed by atoms with van der Waals surface area (Å²) < 4.78 is 3.29. The van der Waals surface area contributed by atoms with E-state index in [0.717, 1.165) is 17.1 Å². The first kappa shape index (κ1) is 13.1. The van der Waals surface area contributed by atoms with E-state index in [0.29, 0.717) is 18.7 Å². The van der Waals surface area contributed by atoms with Crippen molar-refractivity contribution in [2.75, 3.05) is 0 Å². The maximum atomic E-state index is 12.3. The minimum Gasteiger partial charge on any atom is -0.478 e. The van der Waals surface area contributed by atoms with Crippen molar-refractivity contribution in [1.29, 1.82) is 0 Å². The molecule has 19 heavy (non-hydrogen) atoms. The molecule has 0 saturated carbocycles. The van der Waals surface area contributed by atoms with Crippen LogP contribution in [0.4, 0.5) is 0 Å². The zero-order chi connectivity index (χ0) is 14.0. The number of imidazole rings is 1. The largest absolute Gasteiger partial charge is 0.478 e. The van der Waals surface area contributed by atoms with Crippen molar-refractivity contribution >= 4 is 17.0 Å². The molecule has 0 atom stereocenters. The molecule has 1 aromatic heterocycles. The molecule has 0 aliphatic heterocycles. The van der Waals surface area contributed by atoms with Gasteiger partial charge in [-0.1, -0.05) is 12.1 Å². The molecular weight excluding hydrogens is 244 g/mol. The van der Waals surface area contributed by atoms with E-state index < -0.39 is 5.97 Å². The van der Waals surface area contributed by atoms with Gasteiger partial charge in [0.25, 0.3) is 0 Å². The Morgan fingerprint density at radius 3 is 2.37 bits per heavy atom. The van der Waals surface area contributed by atoms with Crippen LogP contribution in [-0.2, 0) is 17.9 Å². The van der Waals surface area contributed by atoms with Crippen LogP contribution in [0.25, 0.3) is 11.0 Å². The van der Waals surface area contributed by atoms with Crippen LogP contribution in [-0.4, -0.2) is 20.2 Å². The number of carboxylic acid groups (broad SMARTS) is 1. The van der Waals surface area contributed by atoms with Gasteiger partial charge in [-0.25, -0.2) is 9.59 Å². The van der Waals surface area contributed by atoms with Crippen molar-refractivity contribution in [2.45, 2.75) is 26.9 Å². The highest BCUT2D eigenvalue weighted by atomic mass is 16.4. The molecule has 0 aliphatic rings. The van der Waals surface area contributed by atoms with Crippen LogP contribution in [0, 0.1) is 0 Å². The van der Waals surface area contributed by atoms with Crippen molar-refractivity contribution < 1.29 is 9.90 Å². The molecule has 0 unspecified atom stereocenters. The van der Waals surface area contributed by atoms with E-state index in [-0.39, 0.29) is 5.69 Å². The number of para-hydroxylation sites is 2. The lowest BCUT2D eigenvalue weighted by Crippen LogP contribution is -2.24. The summed E-state index contributed by atoms with van der Waals surface area (Å²) in [5.41, 5.74) is 2.22. The van der Waals surface area contributed by atoms with E-state index >= 15 is 0 Å². The third-order valence-corrected chi connectivity index (χ3v) is 3.02. The summed E-state index contributed by atoms with van der Waals surface area (Å²) in [6.07, 6.45) is 1.13. The third kappa shape index (κ3) is 2.45. The van der Waals surface area contributed by atoms with Crippen molar-refractivity contribution in [3.8, 4) is 0 Å². The van der Waals surface area contributed by atoms with Crippen molar-refractivity contribution in [2.24, 2.45) is 0 Å². The van der Waals surface area contributed by atoms with Gasteiger partial charge in [-0.2, -0.15) is 0 Å². The second-order valence-corrected chi connectivity index (χ2v) is 4.43. The maximum Gasteiger partial charge on any atom is 0.329 e. The number of allylic oxidation sites excluding steroid dienone is 1. The number of aliphatic carboxylic acids is 1. The number of carboxylic acids is 1. The summed E-state index contributed by atoms with van der Waals surface area (Å²) in [7, 11) is 0. The highest BCUT2D eigenvalue weighted by Gasteiger charge is 2.11. The highest BCUT2D eigenvalue weighted by molar-refractivity contribution is 5.80. The monoisotopic (exact) mass is 260 g/mol. The lowest BCUT2D eigenvalue weighted by atomic mass is 10.2. The Hall–Kier alpha value is -2.30. The number of nitrogens with zero attached hydrogens (tertiary/aromatic N) is 2. The average molecular weight is 260 g/mol. The zero-order valence-corrected chi connectivity index (χ0v) is 11.0. The number of rotatable bonds is 4.